The topological polar surface area (TPSA) is 155 Å². The summed E-state index contributed by atoms with van der Waals surface area (Å²) in [6, 6.07) is 0. The number of likely N-dealkylation sites (N-methyl/N-ethyl adjacent to an activating group) is 1. The predicted molar refractivity (Wildman–Crippen MR) is 107 cm³/mol. The normalized spacial score (nSPS) is 22.5. The lowest BCUT2D eigenvalue weighted by Gasteiger charge is -2.23. The van der Waals surface area contributed by atoms with Crippen LogP contribution in [0.15, 0.2) is 12.7 Å². The van der Waals surface area contributed by atoms with Crippen LogP contribution < -0.4 is 4.90 Å². The van der Waals surface area contributed by atoms with Gasteiger partial charge in [-0.25, -0.2) is 15.0 Å². The highest BCUT2D eigenvalue weighted by Gasteiger charge is 2.51. The minimum Gasteiger partial charge on any atom is -0.463 e. The molecule has 1 aliphatic rings. The minimum absolute atomic E-state index is 0.0785. The van der Waals surface area contributed by atoms with Crippen LogP contribution in [0.1, 0.15) is 27.0 Å². The number of hydrogen-bond donors (Lipinski definition) is 1. The fraction of sp³-hybridized carbons (Fsp3) is 0.579. The molecule has 1 fully saturated rings. The fourth-order valence-corrected chi connectivity index (χ4v) is 3.48. The SMILES string of the molecule is CC(=O)OC[C@H]1O[C@@H](n2cnc3c(N(C)CCO)ncnc32)[C@H](OC(C)=O)[C@@H]1OC(C)=O. The predicted octanol–water partition coefficient (Wildman–Crippen LogP) is -0.421. The van der Waals surface area contributed by atoms with Gasteiger partial charge in [-0.1, -0.05) is 0 Å². The molecule has 3 rings (SSSR count). The fourth-order valence-electron chi connectivity index (χ4n) is 3.48. The summed E-state index contributed by atoms with van der Waals surface area (Å²) in [5.74, 6) is -1.29. The Balaban J connectivity index is 2.02. The third-order valence-electron chi connectivity index (χ3n) is 4.75. The lowest BCUT2D eigenvalue weighted by molar-refractivity contribution is -0.166. The highest BCUT2D eigenvalue weighted by molar-refractivity contribution is 5.83. The van der Waals surface area contributed by atoms with Crippen LogP contribution in [0, 0.1) is 0 Å². The number of aliphatic hydroxyl groups is 1. The third-order valence-corrected chi connectivity index (χ3v) is 4.75. The van der Waals surface area contributed by atoms with E-state index in [1.165, 1.54) is 38.0 Å². The number of aliphatic hydroxyl groups excluding tert-OH is 1. The van der Waals surface area contributed by atoms with Gasteiger partial charge in [0, 0.05) is 34.4 Å². The van der Waals surface area contributed by atoms with Crippen LogP contribution in [0.25, 0.3) is 11.2 Å². The van der Waals surface area contributed by atoms with Gasteiger partial charge in [-0.3, -0.25) is 19.0 Å². The second kappa shape index (κ2) is 9.87. The Labute approximate surface area is 183 Å². The zero-order chi connectivity index (χ0) is 23.4. The van der Waals surface area contributed by atoms with Crippen molar-refractivity contribution in [1.29, 1.82) is 0 Å². The molecule has 0 aliphatic carbocycles. The van der Waals surface area contributed by atoms with E-state index < -0.39 is 42.4 Å². The van der Waals surface area contributed by atoms with Crippen molar-refractivity contribution in [2.45, 2.75) is 45.3 Å². The highest BCUT2D eigenvalue weighted by Crippen LogP contribution is 2.36. The molecule has 32 heavy (non-hydrogen) atoms. The Morgan fingerprint density at radius 3 is 2.41 bits per heavy atom. The number of ether oxygens (including phenoxy) is 4. The Kier molecular flexibility index (Phi) is 7.20. The van der Waals surface area contributed by atoms with Crippen LogP contribution in [0.5, 0.6) is 0 Å². The molecule has 1 aliphatic heterocycles. The second-order valence-corrected chi connectivity index (χ2v) is 7.18. The molecule has 0 aromatic carbocycles. The molecule has 1 saturated heterocycles. The van der Waals surface area contributed by atoms with Crippen LogP contribution in [0.3, 0.4) is 0 Å². The van der Waals surface area contributed by atoms with E-state index in [-0.39, 0.29) is 13.2 Å². The van der Waals surface area contributed by atoms with Crippen molar-refractivity contribution in [3.05, 3.63) is 12.7 Å². The molecule has 0 radical (unpaired) electrons. The number of anilines is 1. The summed E-state index contributed by atoms with van der Waals surface area (Å²) < 4.78 is 23.4. The van der Waals surface area contributed by atoms with E-state index in [2.05, 4.69) is 15.0 Å². The van der Waals surface area contributed by atoms with E-state index in [9.17, 15) is 19.5 Å². The van der Waals surface area contributed by atoms with Crippen molar-refractivity contribution in [3.63, 3.8) is 0 Å². The van der Waals surface area contributed by atoms with Crippen LogP contribution in [-0.4, -0.2) is 87.7 Å². The number of nitrogens with zero attached hydrogens (tertiary/aromatic N) is 5. The number of imidazole rings is 1. The standard InChI is InChI=1S/C19H25N5O8/c1-10(26)29-7-13-15(30-11(2)27)16(31-12(3)28)19(32-13)24-9-22-14-17(23(4)5-6-25)20-8-21-18(14)24/h8-9,13,15-16,19,25H,5-7H2,1-4H3/t13-,15-,16-,19-/m1/s1. The first-order chi connectivity index (χ1) is 15.2. The molecule has 2 aromatic rings. The number of fused-ring (bicyclic) bond motifs is 1. The van der Waals surface area contributed by atoms with Crippen molar-refractivity contribution in [2.24, 2.45) is 0 Å². The maximum absolute atomic E-state index is 11.8. The number of esters is 3. The smallest absolute Gasteiger partial charge is 0.303 e. The molecule has 2 aromatic heterocycles. The molecule has 174 valence electrons. The second-order valence-electron chi connectivity index (χ2n) is 7.18. The van der Waals surface area contributed by atoms with Crippen molar-refractivity contribution in [1.82, 2.24) is 19.5 Å². The first-order valence-electron chi connectivity index (χ1n) is 9.85. The molecule has 0 unspecified atom stereocenters. The van der Waals surface area contributed by atoms with Crippen molar-refractivity contribution < 1.29 is 38.4 Å². The molecule has 13 heteroatoms. The molecule has 0 spiro atoms. The van der Waals surface area contributed by atoms with E-state index >= 15 is 0 Å². The van der Waals surface area contributed by atoms with Crippen molar-refractivity contribution >= 4 is 34.9 Å². The van der Waals surface area contributed by atoms with Gasteiger partial charge < -0.3 is 29.0 Å². The maximum atomic E-state index is 11.8. The number of carbonyl (C=O) groups is 3. The summed E-state index contributed by atoms with van der Waals surface area (Å²) in [6.45, 7) is 3.70. The maximum Gasteiger partial charge on any atom is 0.303 e. The van der Waals surface area contributed by atoms with Crippen molar-refractivity contribution in [3.8, 4) is 0 Å². The lowest BCUT2D eigenvalue weighted by Crippen LogP contribution is -2.40. The van der Waals surface area contributed by atoms with Gasteiger partial charge in [-0.15, -0.1) is 0 Å². The molecule has 0 amide bonds. The molecule has 3 heterocycles. The molecular formula is C19H25N5O8. The van der Waals surface area contributed by atoms with Crippen LogP contribution in [0.4, 0.5) is 5.82 Å². The first-order valence-corrected chi connectivity index (χ1v) is 9.85. The Hall–Kier alpha value is -3.32. The van der Waals surface area contributed by atoms with Gasteiger partial charge in [0.25, 0.3) is 0 Å². The van der Waals surface area contributed by atoms with E-state index in [4.69, 9.17) is 18.9 Å². The number of rotatable bonds is 8. The average Bonchev–Trinajstić information content (AvgIpc) is 3.27. The Morgan fingerprint density at radius 2 is 1.78 bits per heavy atom. The average molecular weight is 451 g/mol. The van der Waals surface area contributed by atoms with E-state index in [1.54, 1.807) is 11.9 Å². The highest BCUT2D eigenvalue weighted by atomic mass is 16.7. The van der Waals surface area contributed by atoms with Gasteiger partial charge in [0.05, 0.1) is 12.9 Å². The monoisotopic (exact) mass is 451 g/mol. The Bertz CT molecular complexity index is 995. The summed E-state index contributed by atoms with van der Waals surface area (Å²) >= 11 is 0. The first kappa shape index (κ1) is 23.3. The Morgan fingerprint density at radius 1 is 1.09 bits per heavy atom. The molecule has 0 bridgehead atoms. The summed E-state index contributed by atoms with van der Waals surface area (Å²) in [4.78, 5) is 49.4. The van der Waals surface area contributed by atoms with Crippen LogP contribution in [0.2, 0.25) is 0 Å². The summed E-state index contributed by atoms with van der Waals surface area (Å²) in [6.07, 6.45) is -1.18. The van der Waals surface area contributed by atoms with E-state index in [0.717, 1.165) is 0 Å². The largest absolute Gasteiger partial charge is 0.463 e. The zero-order valence-electron chi connectivity index (χ0n) is 18.1. The summed E-state index contributed by atoms with van der Waals surface area (Å²) in [7, 11) is 1.75. The third kappa shape index (κ3) is 4.94. The lowest BCUT2D eigenvalue weighted by atomic mass is 10.1. The molecule has 1 N–H and O–H groups in total. The molecule has 0 saturated carbocycles. The molecule has 4 atom stereocenters. The summed E-state index contributed by atoms with van der Waals surface area (Å²) in [5, 5.41) is 9.23. The van der Waals surface area contributed by atoms with Crippen LogP contribution >= 0.6 is 0 Å². The van der Waals surface area contributed by atoms with Crippen molar-refractivity contribution in [2.75, 3.05) is 31.7 Å². The van der Waals surface area contributed by atoms with Crippen LogP contribution in [-0.2, 0) is 33.3 Å². The van der Waals surface area contributed by atoms with Gasteiger partial charge in [0.15, 0.2) is 35.4 Å². The number of hydrogen-bond acceptors (Lipinski definition) is 12. The van der Waals surface area contributed by atoms with E-state index in [0.29, 0.717) is 23.5 Å². The quantitative estimate of drug-likeness (QED) is 0.409. The van der Waals surface area contributed by atoms with Gasteiger partial charge in [-0.2, -0.15) is 0 Å². The van der Waals surface area contributed by atoms with E-state index in [1.807, 2.05) is 0 Å². The minimum atomic E-state index is -1.05. The molecular weight excluding hydrogens is 426 g/mol. The summed E-state index contributed by atoms with van der Waals surface area (Å²) in [5.41, 5.74) is 0.803. The molecule has 13 nitrogen and oxygen atoms in total. The van der Waals surface area contributed by atoms with Gasteiger partial charge in [0.2, 0.25) is 0 Å². The number of carbonyl (C=O) groups excluding carboxylic acids is 3. The van der Waals surface area contributed by atoms with Gasteiger partial charge >= 0.3 is 17.9 Å². The van der Waals surface area contributed by atoms with Gasteiger partial charge in [0.1, 0.15) is 19.0 Å². The van der Waals surface area contributed by atoms with Gasteiger partial charge in [-0.05, 0) is 0 Å². The number of aromatic nitrogens is 4. The zero-order valence-corrected chi connectivity index (χ0v) is 18.1.